The largest absolute Gasteiger partial charge is 0.352 e. The van der Waals surface area contributed by atoms with Gasteiger partial charge in [-0.15, -0.1) is 12.4 Å². The lowest BCUT2D eigenvalue weighted by Gasteiger charge is -2.35. The Balaban J connectivity index is 0.00000243. The Morgan fingerprint density at radius 1 is 1.12 bits per heavy atom. The molecule has 1 aliphatic rings. The number of fused-ring (bicyclic) bond motifs is 1. The van der Waals surface area contributed by atoms with E-state index in [9.17, 15) is 9.59 Å². The van der Waals surface area contributed by atoms with Gasteiger partial charge in [-0.3, -0.25) is 9.59 Å². The van der Waals surface area contributed by atoms with E-state index in [4.69, 9.17) is 5.73 Å². The number of benzene rings is 2. The minimum absolute atomic E-state index is 0. The fourth-order valence-corrected chi connectivity index (χ4v) is 3.43. The van der Waals surface area contributed by atoms with E-state index in [-0.39, 0.29) is 30.3 Å². The first-order chi connectivity index (χ1) is 12.2. The molecule has 1 aliphatic heterocycles. The molecular weight excluding hydrogens is 350 g/mol. The normalized spacial score (nSPS) is 16.8. The van der Waals surface area contributed by atoms with Gasteiger partial charge in [0, 0.05) is 37.7 Å². The van der Waals surface area contributed by atoms with Crippen LogP contribution in [0.25, 0.3) is 10.8 Å². The zero-order valence-electron chi connectivity index (χ0n) is 14.8. The van der Waals surface area contributed by atoms with Crippen LogP contribution in [0, 0.1) is 0 Å². The van der Waals surface area contributed by atoms with Gasteiger partial charge in [0.25, 0.3) is 5.91 Å². The summed E-state index contributed by atoms with van der Waals surface area (Å²) in [6.07, 6.45) is 3.46. The third-order valence-corrected chi connectivity index (χ3v) is 4.86. The topological polar surface area (TPSA) is 75.4 Å². The molecule has 1 fully saturated rings. The monoisotopic (exact) mass is 375 g/mol. The zero-order valence-corrected chi connectivity index (χ0v) is 15.6. The van der Waals surface area contributed by atoms with Gasteiger partial charge in [-0.05, 0) is 42.2 Å². The van der Waals surface area contributed by atoms with Gasteiger partial charge < -0.3 is 16.0 Å². The number of nitrogens with one attached hydrogen (secondary N) is 1. The summed E-state index contributed by atoms with van der Waals surface area (Å²) in [5.41, 5.74) is 6.38. The summed E-state index contributed by atoms with van der Waals surface area (Å²) >= 11 is 0. The first kappa shape index (κ1) is 20.2. The van der Waals surface area contributed by atoms with Crippen LogP contribution in [0.2, 0.25) is 0 Å². The molecule has 5 nitrogen and oxygen atoms in total. The average Bonchev–Trinajstić information content (AvgIpc) is 2.67. The summed E-state index contributed by atoms with van der Waals surface area (Å²) in [7, 11) is 0. The fourth-order valence-electron chi connectivity index (χ4n) is 3.43. The summed E-state index contributed by atoms with van der Waals surface area (Å²) in [6.45, 7) is 1.63. The van der Waals surface area contributed by atoms with Gasteiger partial charge in [0.05, 0.1) is 0 Å². The van der Waals surface area contributed by atoms with Crippen molar-refractivity contribution in [3.8, 4) is 0 Å². The number of piperidine rings is 1. The van der Waals surface area contributed by atoms with Crippen molar-refractivity contribution in [1.82, 2.24) is 10.2 Å². The van der Waals surface area contributed by atoms with Crippen molar-refractivity contribution in [3.63, 3.8) is 0 Å². The van der Waals surface area contributed by atoms with Crippen LogP contribution in [-0.2, 0) is 4.79 Å². The molecule has 2 amide bonds. The summed E-state index contributed by atoms with van der Waals surface area (Å²) in [4.78, 5) is 26.6. The van der Waals surface area contributed by atoms with E-state index in [1.54, 1.807) is 0 Å². The highest BCUT2D eigenvalue weighted by Crippen LogP contribution is 2.17. The molecule has 3 N–H and O–H groups in total. The van der Waals surface area contributed by atoms with E-state index < -0.39 is 0 Å². The average molecular weight is 376 g/mol. The molecule has 1 heterocycles. The highest BCUT2D eigenvalue weighted by molar-refractivity contribution is 5.98. The van der Waals surface area contributed by atoms with Crippen molar-refractivity contribution in [2.45, 2.75) is 31.7 Å². The van der Waals surface area contributed by atoms with Gasteiger partial charge in [0.1, 0.15) is 0 Å². The number of carbonyl (C=O) groups is 2. The molecule has 3 rings (SSSR count). The van der Waals surface area contributed by atoms with Crippen LogP contribution in [-0.4, -0.2) is 42.4 Å². The molecule has 26 heavy (non-hydrogen) atoms. The predicted octanol–water partition coefficient (Wildman–Crippen LogP) is 2.72. The molecule has 0 aromatic heterocycles. The molecule has 6 heteroatoms. The maximum atomic E-state index is 12.4. The van der Waals surface area contributed by atoms with Crippen molar-refractivity contribution in [3.05, 3.63) is 48.0 Å². The van der Waals surface area contributed by atoms with Crippen molar-refractivity contribution in [2.24, 2.45) is 5.73 Å². The number of carbonyl (C=O) groups excluding carboxylic acids is 2. The molecule has 1 saturated heterocycles. The third kappa shape index (κ3) is 4.74. The Labute approximate surface area is 160 Å². The highest BCUT2D eigenvalue weighted by Gasteiger charge is 2.25. The lowest BCUT2D eigenvalue weighted by atomic mass is 10.0. The van der Waals surface area contributed by atoms with Crippen molar-refractivity contribution >= 4 is 35.0 Å². The Hall–Kier alpha value is -2.11. The zero-order chi connectivity index (χ0) is 17.6. The molecule has 0 spiro atoms. The van der Waals surface area contributed by atoms with Gasteiger partial charge in [0.15, 0.2) is 0 Å². The number of hydrogen-bond donors (Lipinski definition) is 2. The molecular formula is C20H26ClN3O2. The van der Waals surface area contributed by atoms with E-state index in [0.717, 1.165) is 36.6 Å². The first-order valence-corrected chi connectivity index (χ1v) is 8.95. The van der Waals surface area contributed by atoms with Crippen molar-refractivity contribution < 1.29 is 9.59 Å². The number of rotatable bonds is 5. The molecule has 1 atom stereocenters. The van der Waals surface area contributed by atoms with Gasteiger partial charge in [-0.1, -0.05) is 30.3 Å². The van der Waals surface area contributed by atoms with E-state index in [1.807, 2.05) is 47.4 Å². The van der Waals surface area contributed by atoms with Crippen molar-refractivity contribution in [1.29, 1.82) is 0 Å². The summed E-state index contributed by atoms with van der Waals surface area (Å²) in [5, 5.41) is 4.99. The van der Waals surface area contributed by atoms with Crippen LogP contribution in [0.3, 0.4) is 0 Å². The number of amides is 2. The van der Waals surface area contributed by atoms with Gasteiger partial charge in [-0.25, -0.2) is 0 Å². The maximum absolute atomic E-state index is 12.4. The molecule has 0 bridgehead atoms. The summed E-state index contributed by atoms with van der Waals surface area (Å²) < 4.78 is 0. The lowest BCUT2D eigenvalue weighted by Crippen LogP contribution is -2.48. The van der Waals surface area contributed by atoms with Crippen LogP contribution in [0.4, 0.5) is 0 Å². The van der Waals surface area contributed by atoms with Crippen LogP contribution in [0.1, 0.15) is 36.0 Å². The smallest absolute Gasteiger partial charge is 0.251 e. The second-order valence-corrected chi connectivity index (χ2v) is 6.54. The number of nitrogens with two attached hydrogens (primary N) is 1. The maximum Gasteiger partial charge on any atom is 0.251 e. The van der Waals surface area contributed by atoms with Gasteiger partial charge in [0.2, 0.25) is 5.91 Å². The highest BCUT2D eigenvalue weighted by atomic mass is 35.5. The predicted molar refractivity (Wildman–Crippen MR) is 107 cm³/mol. The Morgan fingerprint density at radius 3 is 2.65 bits per heavy atom. The Kier molecular flexibility index (Phi) is 7.42. The molecule has 2 aromatic carbocycles. The number of nitrogens with zero attached hydrogens (tertiary/aromatic N) is 1. The minimum atomic E-state index is -0.146. The standard InChI is InChI=1S/C20H25N3O2.ClH/c21-14-18-7-3-4-12-23(18)19(24)10-11-22-20(25)17-9-8-15-5-1-2-6-16(15)13-17;/h1-2,5-6,8-9,13,18H,3-4,7,10-12,14,21H2,(H,22,25);1H. The summed E-state index contributed by atoms with van der Waals surface area (Å²) in [5.74, 6) is -0.0680. The van der Waals surface area contributed by atoms with Crippen LogP contribution in [0.15, 0.2) is 42.5 Å². The number of halogens is 1. The molecule has 140 valence electrons. The number of likely N-dealkylation sites (tertiary alicyclic amines) is 1. The van der Waals surface area contributed by atoms with Crippen LogP contribution in [0.5, 0.6) is 0 Å². The SMILES string of the molecule is Cl.NCC1CCCCN1C(=O)CCNC(=O)c1ccc2ccccc2c1. The third-order valence-electron chi connectivity index (χ3n) is 4.86. The van der Waals surface area contributed by atoms with Crippen LogP contribution >= 0.6 is 12.4 Å². The molecule has 0 radical (unpaired) electrons. The number of hydrogen-bond acceptors (Lipinski definition) is 3. The van der Waals surface area contributed by atoms with E-state index in [0.29, 0.717) is 25.1 Å². The fraction of sp³-hybridized carbons (Fsp3) is 0.400. The summed E-state index contributed by atoms with van der Waals surface area (Å²) in [6, 6.07) is 13.7. The van der Waals surface area contributed by atoms with Gasteiger partial charge in [-0.2, -0.15) is 0 Å². The lowest BCUT2D eigenvalue weighted by molar-refractivity contribution is -0.134. The van der Waals surface area contributed by atoms with Crippen molar-refractivity contribution in [2.75, 3.05) is 19.6 Å². The second kappa shape index (κ2) is 9.55. The van der Waals surface area contributed by atoms with E-state index in [2.05, 4.69) is 5.32 Å². The molecule has 0 aliphatic carbocycles. The minimum Gasteiger partial charge on any atom is -0.352 e. The second-order valence-electron chi connectivity index (χ2n) is 6.54. The van der Waals surface area contributed by atoms with Gasteiger partial charge >= 0.3 is 0 Å². The molecule has 0 saturated carbocycles. The first-order valence-electron chi connectivity index (χ1n) is 8.95. The van der Waals surface area contributed by atoms with E-state index in [1.165, 1.54) is 0 Å². The molecule has 1 unspecified atom stereocenters. The molecule has 2 aromatic rings. The van der Waals surface area contributed by atoms with Crippen LogP contribution < -0.4 is 11.1 Å². The Bertz CT molecular complexity index is 766. The quantitative estimate of drug-likeness (QED) is 0.843. The van der Waals surface area contributed by atoms with E-state index >= 15 is 0 Å². The Morgan fingerprint density at radius 2 is 1.88 bits per heavy atom.